The van der Waals surface area contributed by atoms with E-state index in [9.17, 15) is 0 Å². The first-order valence-corrected chi connectivity index (χ1v) is 7.17. The van der Waals surface area contributed by atoms with E-state index in [2.05, 4.69) is 28.5 Å². The number of aryl methyl sites for hydroxylation is 2. The molecule has 0 amide bonds. The van der Waals surface area contributed by atoms with Gasteiger partial charge in [0.25, 0.3) is 0 Å². The van der Waals surface area contributed by atoms with Crippen LogP contribution in [0.5, 0.6) is 5.75 Å². The molecule has 6 heteroatoms. The van der Waals surface area contributed by atoms with Crippen molar-refractivity contribution >= 4 is 0 Å². The maximum absolute atomic E-state index is 5.73. The minimum absolute atomic E-state index is 0.0284. The maximum atomic E-state index is 5.73. The van der Waals surface area contributed by atoms with Gasteiger partial charge in [-0.3, -0.25) is 16.0 Å². The Hall–Kier alpha value is -1.92. The average molecular weight is 289 g/mol. The summed E-state index contributed by atoms with van der Waals surface area (Å²) >= 11 is 0. The molecule has 2 aromatic rings. The van der Waals surface area contributed by atoms with Gasteiger partial charge < -0.3 is 4.74 Å². The van der Waals surface area contributed by atoms with Crippen molar-refractivity contribution in [2.75, 3.05) is 7.11 Å². The Bertz CT molecular complexity index is 581. The van der Waals surface area contributed by atoms with Gasteiger partial charge in [-0.2, -0.15) is 5.10 Å². The fourth-order valence-electron chi connectivity index (χ4n) is 2.35. The number of hydrazine groups is 1. The van der Waals surface area contributed by atoms with Crippen molar-refractivity contribution in [2.45, 2.75) is 39.3 Å². The second-order valence-electron chi connectivity index (χ2n) is 5.05. The monoisotopic (exact) mass is 289 g/mol. The molecule has 0 radical (unpaired) electrons. The highest BCUT2D eigenvalue weighted by Crippen LogP contribution is 2.24. The number of methoxy groups -OCH3 is 1. The molecule has 3 N–H and O–H groups in total. The van der Waals surface area contributed by atoms with Gasteiger partial charge in [0, 0.05) is 13.0 Å². The molecule has 114 valence electrons. The number of hydrogen-bond acceptors (Lipinski definition) is 5. The van der Waals surface area contributed by atoms with Crippen LogP contribution in [0.4, 0.5) is 0 Å². The summed E-state index contributed by atoms with van der Waals surface area (Å²) in [5.41, 5.74) is 5.04. The van der Waals surface area contributed by atoms with Gasteiger partial charge in [-0.1, -0.05) is 19.1 Å². The molecule has 0 bridgehead atoms. The summed E-state index contributed by atoms with van der Waals surface area (Å²) in [5, 5.41) is 4.25. The van der Waals surface area contributed by atoms with Crippen LogP contribution in [0.1, 0.15) is 36.3 Å². The predicted octanol–water partition coefficient (Wildman–Crippen LogP) is 1.75. The summed E-state index contributed by atoms with van der Waals surface area (Å²) in [6, 6.07) is 6.08. The van der Waals surface area contributed by atoms with Gasteiger partial charge in [0.15, 0.2) is 0 Å². The molecule has 0 spiro atoms. The first-order chi connectivity index (χ1) is 10.2. The standard InChI is InChI=1S/C15H23N5O/c1-4-7-20-15(17-10-18-20)9-13(19-16)12-6-5-11(2)14(8-12)21-3/h5-6,8,10,13,19H,4,7,9,16H2,1-3H3. The van der Waals surface area contributed by atoms with Crippen LogP contribution in [0.25, 0.3) is 0 Å². The molecule has 0 aliphatic heterocycles. The van der Waals surface area contributed by atoms with Crippen LogP contribution in [0.15, 0.2) is 24.5 Å². The van der Waals surface area contributed by atoms with Crippen LogP contribution in [0.2, 0.25) is 0 Å². The number of ether oxygens (including phenoxy) is 1. The zero-order valence-corrected chi connectivity index (χ0v) is 12.8. The third-order valence-electron chi connectivity index (χ3n) is 3.55. The second kappa shape index (κ2) is 7.19. The van der Waals surface area contributed by atoms with E-state index in [1.807, 2.05) is 23.7 Å². The first kappa shape index (κ1) is 15.5. The predicted molar refractivity (Wildman–Crippen MR) is 81.8 cm³/mol. The molecular formula is C15H23N5O. The normalized spacial score (nSPS) is 12.4. The van der Waals surface area contributed by atoms with E-state index in [0.29, 0.717) is 6.42 Å². The van der Waals surface area contributed by atoms with Crippen LogP contribution in [-0.4, -0.2) is 21.9 Å². The van der Waals surface area contributed by atoms with Gasteiger partial charge in [0.1, 0.15) is 17.9 Å². The highest BCUT2D eigenvalue weighted by atomic mass is 16.5. The first-order valence-electron chi connectivity index (χ1n) is 7.17. The largest absolute Gasteiger partial charge is 0.496 e. The van der Waals surface area contributed by atoms with Crippen molar-refractivity contribution in [3.05, 3.63) is 41.5 Å². The lowest BCUT2D eigenvalue weighted by molar-refractivity contribution is 0.409. The third kappa shape index (κ3) is 3.59. The molecule has 1 aromatic carbocycles. The Balaban J connectivity index is 2.21. The molecule has 0 fully saturated rings. The number of nitrogens with one attached hydrogen (secondary N) is 1. The molecule has 0 saturated heterocycles. The highest BCUT2D eigenvalue weighted by molar-refractivity contribution is 5.38. The highest BCUT2D eigenvalue weighted by Gasteiger charge is 2.16. The van der Waals surface area contributed by atoms with Crippen molar-refractivity contribution in [3.63, 3.8) is 0 Å². The number of nitrogens with two attached hydrogens (primary N) is 1. The summed E-state index contributed by atoms with van der Waals surface area (Å²) in [4.78, 5) is 4.33. The van der Waals surface area contributed by atoms with Crippen LogP contribution in [-0.2, 0) is 13.0 Å². The zero-order chi connectivity index (χ0) is 15.2. The molecular weight excluding hydrogens is 266 g/mol. The van der Waals surface area contributed by atoms with E-state index in [4.69, 9.17) is 10.6 Å². The molecule has 1 unspecified atom stereocenters. The summed E-state index contributed by atoms with van der Waals surface area (Å²) in [5.74, 6) is 7.52. The molecule has 6 nitrogen and oxygen atoms in total. The molecule has 0 aliphatic carbocycles. The number of hydrogen-bond donors (Lipinski definition) is 2. The van der Waals surface area contributed by atoms with Gasteiger partial charge >= 0.3 is 0 Å². The van der Waals surface area contributed by atoms with Crippen molar-refractivity contribution in [2.24, 2.45) is 5.84 Å². The quantitative estimate of drug-likeness (QED) is 0.600. The summed E-state index contributed by atoms with van der Waals surface area (Å²) in [7, 11) is 1.68. The molecule has 1 aromatic heterocycles. The van der Waals surface area contributed by atoms with Crippen molar-refractivity contribution < 1.29 is 4.74 Å². The zero-order valence-electron chi connectivity index (χ0n) is 12.8. The lowest BCUT2D eigenvalue weighted by Crippen LogP contribution is -2.30. The molecule has 2 rings (SSSR count). The molecule has 0 saturated carbocycles. The second-order valence-corrected chi connectivity index (χ2v) is 5.05. The van der Waals surface area contributed by atoms with Gasteiger partial charge in [-0.05, 0) is 30.5 Å². The van der Waals surface area contributed by atoms with Gasteiger partial charge in [-0.15, -0.1) is 0 Å². The van der Waals surface area contributed by atoms with E-state index in [1.54, 1.807) is 13.4 Å². The molecule has 21 heavy (non-hydrogen) atoms. The van der Waals surface area contributed by atoms with Crippen LogP contribution >= 0.6 is 0 Å². The van der Waals surface area contributed by atoms with E-state index in [1.165, 1.54) is 0 Å². The molecule has 0 aliphatic rings. The topological polar surface area (TPSA) is 78.0 Å². The fraction of sp³-hybridized carbons (Fsp3) is 0.467. The van der Waals surface area contributed by atoms with E-state index < -0.39 is 0 Å². The Labute approximate surface area is 125 Å². The lowest BCUT2D eigenvalue weighted by Gasteiger charge is -2.18. The summed E-state index contributed by atoms with van der Waals surface area (Å²) in [6.07, 6.45) is 3.30. The Morgan fingerprint density at radius 2 is 2.24 bits per heavy atom. The lowest BCUT2D eigenvalue weighted by atomic mass is 10.0. The van der Waals surface area contributed by atoms with Crippen molar-refractivity contribution in [1.82, 2.24) is 20.2 Å². The molecule has 1 atom stereocenters. The molecule has 1 heterocycles. The number of nitrogens with zero attached hydrogens (tertiary/aromatic N) is 3. The minimum atomic E-state index is -0.0284. The fourth-order valence-corrected chi connectivity index (χ4v) is 2.35. The van der Waals surface area contributed by atoms with E-state index in [-0.39, 0.29) is 6.04 Å². The van der Waals surface area contributed by atoms with Gasteiger partial charge in [0.05, 0.1) is 13.2 Å². The average Bonchev–Trinajstić information content (AvgIpc) is 2.93. The van der Waals surface area contributed by atoms with Crippen molar-refractivity contribution in [3.8, 4) is 5.75 Å². The summed E-state index contributed by atoms with van der Waals surface area (Å²) in [6.45, 7) is 5.00. The van der Waals surface area contributed by atoms with E-state index in [0.717, 1.165) is 35.7 Å². The number of aromatic nitrogens is 3. The van der Waals surface area contributed by atoms with Gasteiger partial charge in [0.2, 0.25) is 0 Å². The van der Waals surface area contributed by atoms with Crippen LogP contribution < -0.4 is 16.0 Å². The Morgan fingerprint density at radius 1 is 1.43 bits per heavy atom. The van der Waals surface area contributed by atoms with Crippen molar-refractivity contribution in [1.29, 1.82) is 0 Å². The van der Waals surface area contributed by atoms with Crippen LogP contribution in [0, 0.1) is 6.92 Å². The third-order valence-corrected chi connectivity index (χ3v) is 3.55. The minimum Gasteiger partial charge on any atom is -0.496 e. The number of rotatable bonds is 7. The Kier molecular flexibility index (Phi) is 5.30. The number of benzene rings is 1. The van der Waals surface area contributed by atoms with Gasteiger partial charge in [-0.25, -0.2) is 4.98 Å². The smallest absolute Gasteiger partial charge is 0.138 e. The SMILES string of the molecule is CCCn1ncnc1CC(NN)c1ccc(C)c(OC)c1. The summed E-state index contributed by atoms with van der Waals surface area (Å²) < 4.78 is 7.30. The Morgan fingerprint density at radius 3 is 2.90 bits per heavy atom. The maximum Gasteiger partial charge on any atom is 0.138 e. The van der Waals surface area contributed by atoms with Crippen LogP contribution in [0.3, 0.4) is 0 Å². The van der Waals surface area contributed by atoms with E-state index >= 15 is 0 Å².